The predicted octanol–water partition coefficient (Wildman–Crippen LogP) is 4.07. The number of ether oxygens (including phenoxy) is 1. The molecule has 3 aromatic carbocycles. The second kappa shape index (κ2) is 13.0. The molecule has 4 N–H and O–H groups in total. The van der Waals surface area contributed by atoms with Gasteiger partial charge in [-0.1, -0.05) is 36.4 Å². The minimum atomic E-state index is -0.873. The molecule has 2 atom stereocenters. The van der Waals surface area contributed by atoms with E-state index in [1.807, 2.05) is 67.6 Å². The van der Waals surface area contributed by atoms with E-state index >= 15 is 0 Å². The normalized spacial score (nSPS) is 14.6. The van der Waals surface area contributed by atoms with Gasteiger partial charge in [0, 0.05) is 54.7 Å². The molecule has 3 aromatic rings. The number of carbonyl (C=O) groups is 2. The summed E-state index contributed by atoms with van der Waals surface area (Å²) >= 11 is 0. The third-order valence-electron chi connectivity index (χ3n) is 6.61. The lowest BCUT2D eigenvalue weighted by atomic mass is 10.00. The second-order valence-electron chi connectivity index (χ2n) is 9.40. The van der Waals surface area contributed by atoms with Crippen LogP contribution < -0.4 is 25.6 Å². The third kappa shape index (κ3) is 7.04. The highest BCUT2D eigenvalue weighted by Gasteiger charge is 2.26. The van der Waals surface area contributed by atoms with Gasteiger partial charge in [-0.25, -0.2) is 0 Å². The van der Waals surface area contributed by atoms with Crippen LogP contribution in [0.1, 0.15) is 35.7 Å². The molecule has 1 aliphatic heterocycles. The zero-order valence-electron chi connectivity index (χ0n) is 21.9. The molecular formula is C30H36N4O4. The number of aliphatic hydroxyl groups excluding tert-OH is 1. The number of methoxy groups -OCH3 is 1. The lowest BCUT2D eigenvalue weighted by Gasteiger charge is -2.26. The number of hydrogen-bond acceptors (Lipinski definition) is 6. The van der Waals surface area contributed by atoms with Crippen molar-refractivity contribution in [2.75, 3.05) is 42.3 Å². The lowest BCUT2D eigenvalue weighted by molar-refractivity contribution is -0.117. The van der Waals surface area contributed by atoms with Gasteiger partial charge in [-0.3, -0.25) is 9.59 Å². The number of aliphatic hydroxyl groups is 1. The van der Waals surface area contributed by atoms with Crippen LogP contribution in [0.5, 0.6) is 5.75 Å². The fourth-order valence-electron chi connectivity index (χ4n) is 4.63. The Morgan fingerprint density at radius 1 is 1.03 bits per heavy atom. The van der Waals surface area contributed by atoms with E-state index in [9.17, 15) is 14.7 Å². The van der Waals surface area contributed by atoms with E-state index in [1.165, 1.54) is 0 Å². The maximum absolute atomic E-state index is 13.5. The van der Waals surface area contributed by atoms with Gasteiger partial charge in [0.15, 0.2) is 0 Å². The highest BCUT2D eigenvalue weighted by Crippen LogP contribution is 2.27. The molecular weight excluding hydrogens is 480 g/mol. The Labute approximate surface area is 224 Å². The van der Waals surface area contributed by atoms with Crippen molar-refractivity contribution in [1.29, 1.82) is 0 Å². The van der Waals surface area contributed by atoms with E-state index in [2.05, 4.69) is 16.0 Å². The molecule has 0 radical (unpaired) electrons. The number of rotatable bonds is 12. The fourth-order valence-corrected chi connectivity index (χ4v) is 4.63. The SMILES string of the molecule is CCNc1cc(C(=O)N[C@@H](Cc2ccccc2)[C@H](O)CNc2cccc(OC)c2)cc(N2CCCC2=O)c1. The standard InChI is InChI=1S/C30H36N4O4/c1-3-31-24-16-22(17-25(18-24)34-14-8-13-29(34)36)30(37)33-27(15-21-9-5-4-6-10-21)28(35)20-32-23-11-7-12-26(19-23)38-2/h4-7,9-12,16-19,27-28,31-32,35H,3,8,13-15,20H2,1-2H3,(H,33,37)/t27-,28+/m0/s1. The van der Waals surface area contributed by atoms with Gasteiger partial charge in [-0.2, -0.15) is 0 Å². The molecule has 1 saturated heterocycles. The topological polar surface area (TPSA) is 103 Å². The van der Waals surface area contributed by atoms with Crippen LogP contribution in [-0.2, 0) is 11.2 Å². The Morgan fingerprint density at radius 2 is 1.84 bits per heavy atom. The molecule has 4 rings (SSSR count). The summed E-state index contributed by atoms with van der Waals surface area (Å²) < 4.78 is 5.28. The van der Waals surface area contributed by atoms with Crippen molar-refractivity contribution in [2.24, 2.45) is 0 Å². The molecule has 0 spiro atoms. The minimum Gasteiger partial charge on any atom is -0.497 e. The number of hydrogen-bond donors (Lipinski definition) is 4. The van der Waals surface area contributed by atoms with Crippen LogP contribution in [-0.4, -0.2) is 55.8 Å². The van der Waals surface area contributed by atoms with Crippen molar-refractivity contribution in [1.82, 2.24) is 5.32 Å². The number of carbonyl (C=O) groups excluding carboxylic acids is 2. The van der Waals surface area contributed by atoms with E-state index < -0.39 is 12.1 Å². The van der Waals surface area contributed by atoms with Crippen LogP contribution in [0.4, 0.5) is 17.1 Å². The summed E-state index contributed by atoms with van der Waals surface area (Å²) in [5, 5.41) is 20.7. The van der Waals surface area contributed by atoms with E-state index in [1.54, 1.807) is 24.1 Å². The van der Waals surface area contributed by atoms with Crippen molar-refractivity contribution in [2.45, 2.75) is 38.3 Å². The van der Waals surface area contributed by atoms with Gasteiger partial charge in [0.25, 0.3) is 5.91 Å². The highest BCUT2D eigenvalue weighted by molar-refractivity contribution is 6.00. The Kier molecular flexibility index (Phi) is 9.21. The third-order valence-corrected chi connectivity index (χ3v) is 6.61. The largest absolute Gasteiger partial charge is 0.497 e. The van der Waals surface area contributed by atoms with Crippen LogP contribution in [0.15, 0.2) is 72.8 Å². The van der Waals surface area contributed by atoms with Crippen LogP contribution >= 0.6 is 0 Å². The van der Waals surface area contributed by atoms with Gasteiger partial charge < -0.3 is 30.7 Å². The second-order valence-corrected chi connectivity index (χ2v) is 9.40. The molecule has 0 aliphatic carbocycles. The van der Waals surface area contributed by atoms with Crippen molar-refractivity contribution in [3.05, 3.63) is 83.9 Å². The zero-order chi connectivity index (χ0) is 26.9. The van der Waals surface area contributed by atoms with Crippen molar-refractivity contribution in [3.63, 3.8) is 0 Å². The minimum absolute atomic E-state index is 0.0611. The first-order valence-electron chi connectivity index (χ1n) is 13.1. The van der Waals surface area contributed by atoms with E-state index in [0.717, 1.165) is 23.4 Å². The molecule has 8 heteroatoms. The first-order valence-corrected chi connectivity index (χ1v) is 13.1. The van der Waals surface area contributed by atoms with Gasteiger partial charge in [-0.05, 0) is 55.7 Å². The van der Waals surface area contributed by atoms with Crippen molar-refractivity contribution < 1.29 is 19.4 Å². The molecule has 200 valence electrons. The molecule has 0 aromatic heterocycles. The van der Waals surface area contributed by atoms with Crippen molar-refractivity contribution in [3.8, 4) is 5.75 Å². The molecule has 1 aliphatic rings. The predicted molar refractivity (Wildman–Crippen MR) is 151 cm³/mol. The molecule has 0 bridgehead atoms. The maximum Gasteiger partial charge on any atom is 0.251 e. The number of nitrogens with zero attached hydrogens (tertiary/aromatic N) is 1. The summed E-state index contributed by atoms with van der Waals surface area (Å²) in [5.41, 5.74) is 3.73. The summed E-state index contributed by atoms with van der Waals surface area (Å²) in [4.78, 5) is 27.6. The Hall–Kier alpha value is -4.04. The first kappa shape index (κ1) is 27.0. The highest BCUT2D eigenvalue weighted by atomic mass is 16.5. The zero-order valence-corrected chi connectivity index (χ0v) is 21.9. The van der Waals surface area contributed by atoms with Crippen LogP contribution in [0.3, 0.4) is 0 Å². The summed E-state index contributed by atoms with van der Waals surface area (Å²) in [6.07, 6.45) is 0.899. The molecule has 38 heavy (non-hydrogen) atoms. The van der Waals surface area contributed by atoms with Gasteiger partial charge in [0.2, 0.25) is 5.91 Å². The van der Waals surface area contributed by atoms with Crippen LogP contribution in [0.2, 0.25) is 0 Å². The molecule has 1 heterocycles. The number of amides is 2. The van der Waals surface area contributed by atoms with Crippen molar-refractivity contribution >= 4 is 28.9 Å². The van der Waals surface area contributed by atoms with E-state index in [0.29, 0.717) is 42.9 Å². The molecule has 0 saturated carbocycles. The average Bonchev–Trinajstić information content (AvgIpc) is 3.37. The van der Waals surface area contributed by atoms with Gasteiger partial charge in [0.1, 0.15) is 5.75 Å². The molecule has 2 amide bonds. The fraction of sp³-hybridized carbons (Fsp3) is 0.333. The van der Waals surface area contributed by atoms with E-state index in [-0.39, 0.29) is 18.4 Å². The van der Waals surface area contributed by atoms with Crippen LogP contribution in [0.25, 0.3) is 0 Å². The van der Waals surface area contributed by atoms with Gasteiger partial charge >= 0.3 is 0 Å². The first-order chi connectivity index (χ1) is 18.5. The summed E-state index contributed by atoms with van der Waals surface area (Å²) in [5.74, 6) is 0.469. The maximum atomic E-state index is 13.5. The lowest BCUT2D eigenvalue weighted by Crippen LogP contribution is -2.47. The molecule has 0 unspecified atom stereocenters. The monoisotopic (exact) mass is 516 g/mol. The molecule has 8 nitrogen and oxygen atoms in total. The molecule has 1 fully saturated rings. The average molecular weight is 517 g/mol. The summed E-state index contributed by atoms with van der Waals surface area (Å²) in [6, 6.07) is 22.1. The number of nitrogens with one attached hydrogen (secondary N) is 3. The summed E-state index contributed by atoms with van der Waals surface area (Å²) in [7, 11) is 1.61. The van der Waals surface area contributed by atoms with Gasteiger partial charge in [0.05, 0.1) is 19.3 Å². The Balaban J connectivity index is 1.54. The smallest absolute Gasteiger partial charge is 0.251 e. The Bertz CT molecular complexity index is 1230. The van der Waals surface area contributed by atoms with E-state index in [4.69, 9.17) is 4.74 Å². The summed E-state index contributed by atoms with van der Waals surface area (Å²) in [6.45, 7) is 3.54. The van der Waals surface area contributed by atoms with Gasteiger partial charge in [-0.15, -0.1) is 0 Å². The number of anilines is 3. The number of benzene rings is 3. The quantitative estimate of drug-likeness (QED) is 0.290. The van der Waals surface area contributed by atoms with Crippen LogP contribution in [0, 0.1) is 0 Å². The Morgan fingerprint density at radius 3 is 2.55 bits per heavy atom.